The molecule has 0 aromatic carbocycles. The Morgan fingerprint density at radius 1 is 0.579 bits per heavy atom. The molecule has 0 fully saturated rings. The van der Waals surface area contributed by atoms with Crippen LogP contribution < -0.4 is 0 Å². The largest absolute Gasteiger partial charge is 0.300 e. The lowest BCUT2D eigenvalue weighted by atomic mass is 10.0. The summed E-state index contributed by atoms with van der Waals surface area (Å²) in [5.74, 6) is 0. The zero-order valence-electron chi connectivity index (χ0n) is 13.8. The van der Waals surface area contributed by atoms with Crippen LogP contribution in [-0.4, -0.2) is 25.8 Å². The summed E-state index contributed by atoms with van der Waals surface area (Å²) in [6, 6.07) is 0. The van der Waals surface area contributed by atoms with Crippen molar-refractivity contribution < 1.29 is 4.84 Å². The van der Waals surface area contributed by atoms with Gasteiger partial charge in [0.05, 0.1) is 6.61 Å². The zero-order chi connectivity index (χ0) is 14.2. The lowest BCUT2D eigenvalue weighted by Gasteiger charge is -2.09. The van der Waals surface area contributed by atoms with Crippen LogP contribution >= 0.6 is 0 Å². The highest BCUT2D eigenvalue weighted by atomic mass is 16.7. The molecule has 0 radical (unpaired) electrons. The van der Waals surface area contributed by atoms with Gasteiger partial charge >= 0.3 is 0 Å². The molecule has 0 bridgehead atoms. The van der Waals surface area contributed by atoms with Crippen molar-refractivity contribution in [2.45, 2.75) is 90.4 Å². The van der Waals surface area contributed by atoms with Gasteiger partial charge in [0.1, 0.15) is 0 Å². The van der Waals surface area contributed by atoms with Gasteiger partial charge in [-0.15, -0.1) is 0 Å². The number of hydroxylamine groups is 2. The number of rotatable bonds is 15. The average molecular weight is 271 g/mol. The fourth-order valence-corrected chi connectivity index (χ4v) is 2.37. The Balaban J connectivity index is 2.91. The molecule has 0 heterocycles. The van der Waals surface area contributed by atoms with Gasteiger partial charge in [-0.05, 0) is 6.42 Å². The molecule has 0 N–H and O–H groups in total. The number of unbranched alkanes of at least 4 members (excludes halogenated alkanes) is 12. The van der Waals surface area contributed by atoms with Gasteiger partial charge in [-0.3, -0.25) is 4.84 Å². The second kappa shape index (κ2) is 16.0. The van der Waals surface area contributed by atoms with Gasteiger partial charge in [0.25, 0.3) is 0 Å². The van der Waals surface area contributed by atoms with E-state index >= 15 is 0 Å². The molecule has 0 amide bonds. The predicted octanol–water partition coefficient (Wildman–Crippen LogP) is 5.57. The molecule has 0 aliphatic carbocycles. The predicted molar refractivity (Wildman–Crippen MR) is 85.3 cm³/mol. The lowest BCUT2D eigenvalue weighted by molar-refractivity contribution is -0.120. The monoisotopic (exact) mass is 271 g/mol. The van der Waals surface area contributed by atoms with Crippen molar-refractivity contribution >= 4 is 0 Å². The van der Waals surface area contributed by atoms with E-state index in [2.05, 4.69) is 6.92 Å². The standard InChI is InChI=1S/C17H37NO/c1-4-5-6-7-8-9-10-11-12-13-14-15-16-17-19-18(2)3/h4-17H2,1-3H3. The van der Waals surface area contributed by atoms with Crippen LogP contribution in [-0.2, 0) is 4.84 Å². The van der Waals surface area contributed by atoms with Crippen LogP contribution in [0.4, 0.5) is 0 Å². The summed E-state index contributed by atoms with van der Waals surface area (Å²) in [6.45, 7) is 3.16. The van der Waals surface area contributed by atoms with E-state index < -0.39 is 0 Å². The zero-order valence-corrected chi connectivity index (χ0v) is 13.8. The van der Waals surface area contributed by atoms with E-state index in [1.54, 1.807) is 5.06 Å². The molecule has 116 valence electrons. The van der Waals surface area contributed by atoms with Crippen molar-refractivity contribution in [2.24, 2.45) is 0 Å². The Bertz CT molecular complexity index is 159. The highest BCUT2D eigenvalue weighted by Gasteiger charge is 1.94. The number of hydrogen-bond acceptors (Lipinski definition) is 2. The fourth-order valence-electron chi connectivity index (χ4n) is 2.37. The second-order valence-electron chi connectivity index (χ2n) is 5.89. The van der Waals surface area contributed by atoms with Crippen molar-refractivity contribution in [3.8, 4) is 0 Å². The van der Waals surface area contributed by atoms with Gasteiger partial charge < -0.3 is 0 Å². The first-order valence-corrected chi connectivity index (χ1v) is 8.57. The molecule has 2 heteroatoms. The van der Waals surface area contributed by atoms with Gasteiger partial charge in [0, 0.05) is 14.1 Å². The van der Waals surface area contributed by atoms with Gasteiger partial charge in [-0.25, -0.2) is 0 Å². The minimum Gasteiger partial charge on any atom is -0.300 e. The molecular formula is C17H37NO. The van der Waals surface area contributed by atoms with Gasteiger partial charge in [-0.2, -0.15) is 5.06 Å². The topological polar surface area (TPSA) is 12.5 Å². The lowest BCUT2D eigenvalue weighted by Crippen LogP contribution is -2.13. The summed E-state index contributed by atoms with van der Waals surface area (Å²) >= 11 is 0. The maximum Gasteiger partial charge on any atom is 0.0684 e. The summed E-state index contributed by atoms with van der Waals surface area (Å²) in [5, 5.41) is 1.79. The average Bonchev–Trinajstić information content (AvgIpc) is 2.39. The summed E-state index contributed by atoms with van der Waals surface area (Å²) < 4.78 is 0. The summed E-state index contributed by atoms with van der Waals surface area (Å²) in [4.78, 5) is 5.38. The Morgan fingerprint density at radius 3 is 1.32 bits per heavy atom. The molecule has 0 aliphatic rings. The van der Waals surface area contributed by atoms with Gasteiger partial charge in [-0.1, -0.05) is 84.0 Å². The van der Waals surface area contributed by atoms with E-state index in [0.29, 0.717) is 0 Å². The van der Waals surface area contributed by atoms with Crippen LogP contribution in [0.1, 0.15) is 90.4 Å². The third-order valence-corrected chi connectivity index (χ3v) is 3.60. The van der Waals surface area contributed by atoms with Crippen LogP contribution in [0.15, 0.2) is 0 Å². The van der Waals surface area contributed by atoms with E-state index in [1.807, 2.05) is 14.1 Å². The number of nitrogens with zero attached hydrogens (tertiary/aromatic N) is 1. The van der Waals surface area contributed by atoms with Gasteiger partial charge in [0.2, 0.25) is 0 Å². The first-order chi connectivity index (χ1) is 9.27. The van der Waals surface area contributed by atoms with Crippen LogP contribution in [0.2, 0.25) is 0 Å². The first-order valence-electron chi connectivity index (χ1n) is 8.57. The Hall–Kier alpha value is -0.0800. The van der Waals surface area contributed by atoms with Crippen LogP contribution in [0, 0.1) is 0 Å². The van der Waals surface area contributed by atoms with Crippen molar-refractivity contribution in [3.05, 3.63) is 0 Å². The Kier molecular flexibility index (Phi) is 15.9. The molecule has 2 nitrogen and oxygen atoms in total. The molecule has 0 aromatic heterocycles. The molecule has 0 rings (SSSR count). The minimum atomic E-state index is 0.880. The number of hydrogen-bond donors (Lipinski definition) is 0. The maximum atomic E-state index is 5.38. The summed E-state index contributed by atoms with van der Waals surface area (Å²) in [6.07, 6.45) is 18.3. The highest BCUT2D eigenvalue weighted by molar-refractivity contribution is 4.48. The van der Waals surface area contributed by atoms with Crippen molar-refractivity contribution in [1.29, 1.82) is 0 Å². The minimum absolute atomic E-state index is 0.880. The normalized spacial score (nSPS) is 11.4. The van der Waals surface area contributed by atoms with Crippen LogP contribution in [0.5, 0.6) is 0 Å². The smallest absolute Gasteiger partial charge is 0.0684 e. The molecular weight excluding hydrogens is 234 g/mol. The van der Waals surface area contributed by atoms with E-state index in [-0.39, 0.29) is 0 Å². The summed E-state index contributed by atoms with van der Waals surface area (Å²) in [7, 11) is 3.89. The molecule has 0 saturated heterocycles. The van der Waals surface area contributed by atoms with E-state index in [4.69, 9.17) is 4.84 Å². The third-order valence-electron chi connectivity index (χ3n) is 3.60. The van der Waals surface area contributed by atoms with E-state index in [9.17, 15) is 0 Å². The molecule has 0 unspecified atom stereocenters. The fraction of sp³-hybridized carbons (Fsp3) is 1.00. The third kappa shape index (κ3) is 17.9. The van der Waals surface area contributed by atoms with Crippen LogP contribution in [0.25, 0.3) is 0 Å². The van der Waals surface area contributed by atoms with Gasteiger partial charge in [0.15, 0.2) is 0 Å². The summed E-state index contributed by atoms with van der Waals surface area (Å²) in [5.41, 5.74) is 0. The Morgan fingerprint density at radius 2 is 0.947 bits per heavy atom. The van der Waals surface area contributed by atoms with Crippen molar-refractivity contribution in [2.75, 3.05) is 20.7 Å². The van der Waals surface area contributed by atoms with E-state index in [1.165, 1.54) is 83.5 Å². The molecule has 0 aromatic rings. The Labute approximate surface area is 121 Å². The molecule has 0 aliphatic heterocycles. The molecule has 0 spiro atoms. The second-order valence-corrected chi connectivity index (χ2v) is 5.89. The van der Waals surface area contributed by atoms with E-state index in [0.717, 1.165) is 6.61 Å². The van der Waals surface area contributed by atoms with Crippen molar-refractivity contribution in [1.82, 2.24) is 5.06 Å². The maximum absolute atomic E-state index is 5.38. The molecule has 0 saturated carbocycles. The quantitative estimate of drug-likeness (QED) is 0.285. The van der Waals surface area contributed by atoms with Crippen molar-refractivity contribution in [3.63, 3.8) is 0 Å². The first kappa shape index (κ1) is 18.9. The highest BCUT2D eigenvalue weighted by Crippen LogP contribution is 2.12. The molecule has 19 heavy (non-hydrogen) atoms. The molecule has 0 atom stereocenters. The SMILES string of the molecule is CCCCCCCCCCCCCCCON(C)C. The van der Waals surface area contributed by atoms with Crippen LogP contribution in [0.3, 0.4) is 0 Å².